The van der Waals surface area contributed by atoms with Crippen LogP contribution in [0.2, 0.25) is 10.0 Å². The predicted octanol–water partition coefficient (Wildman–Crippen LogP) is 5.12. The van der Waals surface area contributed by atoms with Crippen LogP contribution in [0.4, 0.5) is 5.95 Å². The van der Waals surface area contributed by atoms with Crippen molar-refractivity contribution in [3.63, 3.8) is 0 Å². The number of aromatic nitrogens is 2. The lowest BCUT2D eigenvalue weighted by Gasteiger charge is -2.06. The summed E-state index contributed by atoms with van der Waals surface area (Å²) in [4.78, 5) is 10.0. The molecule has 0 saturated heterocycles. The monoisotopic (exact) mass is 331 g/mol. The smallest absolute Gasteiger partial charge is 0.203 e. The van der Waals surface area contributed by atoms with E-state index in [0.717, 1.165) is 28.5 Å². The van der Waals surface area contributed by atoms with E-state index in [1.165, 1.54) is 0 Å². The van der Waals surface area contributed by atoms with E-state index in [0.29, 0.717) is 10.0 Å². The van der Waals surface area contributed by atoms with Gasteiger partial charge >= 0.3 is 0 Å². The zero-order valence-electron chi connectivity index (χ0n) is 12.3. The van der Waals surface area contributed by atoms with Crippen LogP contribution in [0.25, 0.3) is 22.5 Å². The molecule has 112 valence electrons. The minimum absolute atomic E-state index is 0.708. The Morgan fingerprint density at radius 2 is 1.32 bits per heavy atom. The molecule has 0 fully saturated rings. The van der Waals surface area contributed by atoms with Gasteiger partial charge in [-0.1, -0.05) is 47.5 Å². The molecular weight excluding hydrogens is 317 g/mol. The third-order valence-corrected chi connectivity index (χ3v) is 3.87. The highest BCUT2D eigenvalue weighted by atomic mass is 35.5. The average molecular weight is 332 g/mol. The number of anilines is 1. The van der Waals surface area contributed by atoms with Gasteiger partial charge in [0, 0.05) is 35.3 Å². The summed E-state index contributed by atoms with van der Waals surface area (Å²) in [7, 11) is 3.91. The van der Waals surface area contributed by atoms with E-state index < -0.39 is 0 Å². The number of benzene rings is 2. The highest BCUT2D eigenvalue weighted by Crippen LogP contribution is 2.33. The molecule has 0 saturated carbocycles. The third kappa shape index (κ3) is 2.96. The predicted molar refractivity (Wildman–Crippen MR) is 93.8 cm³/mol. The van der Waals surface area contributed by atoms with Gasteiger partial charge in [0.2, 0.25) is 5.95 Å². The Morgan fingerprint density at radius 3 is 1.82 bits per heavy atom. The minimum atomic E-state index is 0.708. The van der Waals surface area contributed by atoms with E-state index in [4.69, 9.17) is 28.2 Å². The van der Waals surface area contributed by atoms with Crippen LogP contribution in [0.1, 0.15) is 0 Å². The van der Waals surface area contributed by atoms with Crippen LogP contribution in [-0.4, -0.2) is 24.1 Å². The third-order valence-electron chi connectivity index (χ3n) is 3.37. The molecule has 1 aromatic heterocycles. The molecule has 0 radical (unpaired) electrons. The van der Waals surface area contributed by atoms with Gasteiger partial charge in [0.05, 0.1) is 11.4 Å². The van der Waals surface area contributed by atoms with Crippen LogP contribution in [0.15, 0.2) is 48.5 Å². The Balaban J connectivity index is 2.15. The summed E-state index contributed by atoms with van der Waals surface area (Å²) >= 11 is 12.0. The second kappa shape index (κ2) is 6.03. The number of rotatable bonds is 3. The van der Waals surface area contributed by atoms with E-state index in [1.807, 2.05) is 67.5 Å². The molecule has 0 aliphatic carbocycles. The van der Waals surface area contributed by atoms with Crippen molar-refractivity contribution in [2.24, 2.45) is 0 Å². The lowest BCUT2D eigenvalue weighted by Crippen LogP contribution is -2.10. The Kier molecular flexibility index (Phi) is 4.10. The molecule has 22 heavy (non-hydrogen) atoms. The molecule has 3 rings (SSSR count). The number of imidazole rings is 1. The molecule has 0 bridgehead atoms. The number of hydrogen-bond donors (Lipinski definition) is 1. The topological polar surface area (TPSA) is 31.9 Å². The van der Waals surface area contributed by atoms with Gasteiger partial charge in [-0.25, -0.2) is 4.98 Å². The van der Waals surface area contributed by atoms with Gasteiger partial charge in [-0.3, -0.25) is 0 Å². The van der Waals surface area contributed by atoms with Crippen molar-refractivity contribution in [2.45, 2.75) is 0 Å². The SMILES string of the molecule is CN(C)c1nc(-c2ccc(Cl)cc2)c(-c2ccc(Cl)cc2)[nH]1. The lowest BCUT2D eigenvalue weighted by atomic mass is 10.1. The van der Waals surface area contributed by atoms with Crippen LogP contribution in [0.5, 0.6) is 0 Å². The van der Waals surface area contributed by atoms with Crippen molar-refractivity contribution in [3.8, 4) is 22.5 Å². The first-order valence-corrected chi connectivity index (χ1v) is 7.59. The number of nitrogens with zero attached hydrogens (tertiary/aromatic N) is 2. The van der Waals surface area contributed by atoms with Gasteiger partial charge in [-0.05, 0) is 24.3 Å². The van der Waals surface area contributed by atoms with Gasteiger partial charge in [-0.15, -0.1) is 0 Å². The summed E-state index contributed by atoms with van der Waals surface area (Å²) < 4.78 is 0. The summed E-state index contributed by atoms with van der Waals surface area (Å²) in [5, 5.41) is 1.42. The fourth-order valence-corrected chi connectivity index (χ4v) is 2.47. The van der Waals surface area contributed by atoms with Crippen LogP contribution >= 0.6 is 23.2 Å². The number of halogens is 2. The Morgan fingerprint density at radius 1 is 0.818 bits per heavy atom. The molecule has 0 unspecified atom stereocenters. The molecule has 0 spiro atoms. The van der Waals surface area contributed by atoms with Crippen molar-refractivity contribution < 1.29 is 0 Å². The van der Waals surface area contributed by atoms with Crippen molar-refractivity contribution in [1.82, 2.24) is 9.97 Å². The van der Waals surface area contributed by atoms with E-state index >= 15 is 0 Å². The molecule has 1 heterocycles. The second-order valence-corrected chi connectivity index (χ2v) is 6.07. The number of aromatic amines is 1. The summed E-state index contributed by atoms with van der Waals surface area (Å²) in [5.74, 6) is 0.801. The first-order valence-electron chi connectivity index (χ1n) is 6.84. The Labute approximate surface area is 139 Å². The summed E-state index contributed by atoms with van der Waals surface area (Å²) in [6.07, 6.45) is 0. The maximum absolute atomic E-state index is 5.98. The number of hydrogen-bond acceptors (Lipinski definition) is 2. The van der Waals surface area contributed by atoms with E-state index in [9.17, 15) is 0 Å². The van der Waals surface area contributed by atoms with E-state index in [1.54, 1.807) is 0 Å². The van der Waals surface area contributed by atoms with Crippen molar-refractivity contribution >= 4 is 29.2 Å². The molecule has 0 atom stereocenters. The molecule has 3 aromatic rings. The fourth-order valence-electron chi connectivity index (χ4n) is 2.21. The van der Waals surface area contributed by atoms with Crippen molar-refractivity contribution in [1.29, 1.82) is 0 Å². The summed E-state index contributed by atoms with van der Waals surface area (Å²) in [5.41, 5.74) is 3.90. The largest absolute Gasteiger partial charge is 0.349 e. The quantitative estimate of drug-likeness (QED) is 0.722. The maximum atomic E-state index is 5.98. The molecule has 0 amide bonds. The first kappa shape index (κ1) is 14.9. The van der Waals surface area contributed by atoms with Gasteiger partial charge < -0.3 is 9.88 Å². The van der Waals surface area contributed by atoms with Crippen LogP contribution in [0, 0.1) is 0 Å². The number of nitrogens with one attached hydrogen (secondary N) is 1. The lowest BCUT2D eigenvalue weighted by molar-refractivity contribution is 1.04. The van der Waals surface area contributed by atoms with E-state index in [2.05, 4.69) is 4.98 Å². The van der Waals surface area contributed by atoms with Crippen LogP contribution in [-0.2, 0) is 0 Å². The summed E-state index contributed by atoms with van der Waals surface area (Å²) in [6.45, 7) is 0. The Hall–Kier alpha value is -1.97. The van der Waals surface area contributed by atoms with Crippen LogP contribution < -0.4 is 4.90 Å². The van der Waals surface area contributed by atoms with Gasteiger partial charge in [0.1, 0.15) is 0 Å². The normalized spacial score (nSPS) is 10.7. The zero-order valence-corrected chi connectivity index (χ0v) is 13.8. The van der Waals surface area contributed by atoms with Crippen molar-refractivity contribution in [2.75, 3.05) is 19.0 Å². The van der Waals surface area contributed by atoms with Gasteiger partial charge in [0.15, 0.2) is 0 Å². The standard InChI is InChI=1S/C17H15Cl2N3/c1-22(2)17-20-15(11-3-7-13(18)8-4-11)16(21-17)12-5-9-14(19)10-6-12/h3-10H,1-2H3,(H,20,21). The number of H-pyrrole nitrogens is 1. The first-order chi connectivity index (χ1) is 10.5. The van der Waals surface area contributed by atoms with Gasteiger partial charge in [-0.2, -0.15) is 0 Å². The minimum Gasteiger partial charge on any atom is -0.349 e. The van der Waals surface area contributed by atoms with Crippen LogP contribution in [0.3, 0.4) is 0 Å². The molecule has 0 aliphatic rings. The Bertz CT molecular complexity index is 712. The molecule has 3 nitrogen and oxygen atoms in total. The van der Waals surface area contributed by atoms with Gasteiger partial charge in [0.25, 0.3) is 0 Å². The molecule has 5 heteroatoms. The molecular formula is C17H15Cl2N3. The molecule has 0 aliphatic heterocycles. The fraction of sp³-hybridized carbons (Fsp3) is 0.118. The zero-order chi connectivity index (χ0) is 15.7. The summed E-state index contributed by atoms with van der Waals surface area (Å²) in [6, 6.07) is 15.4. The average Bonchev–Trinajstić information content (AvgIpc) is 2.94. The maximum Gasteiger partial charge on any atom is 0.203 e. The highest BCUT2D eigenvalue weighted by Gasteiger charge is 2.15. The van der Waals surface area contributed by atoms with E-state index in [-0.39, 0.29) is 0 Å². The molecule has 1 N–H and O–H groups in total. The molecule has 2 aromatic carbocycles. The van der Waals surface area contributed by atoms with Crippen molar-refractivity contribution in [3.05, 3.63) is 58.6 Å². The second-order valence-electron chi connectivity index (χ2n) is 5.19. The highest BCUT2D eigenvalue weighted by molar-refractivity contribution is 6.31.